The highest BCUT2D eigenvalue weighted by Gasteiger charge is 2.34. The van der Waals surface area contributed by atoms with Gasteiger partial charge >= 0.3 is 6.18 Å². The third kappa shape index (κ3) is 3.49. The van der Waals surface area contributed by atoms with Crippen LogP contribution in [0.15, 0.2) is 53.9 Å². The SMILES string of the molecule is CCOC1=Nn2cc(-c3ccc(C(F)(F)F)c(-c4ccccn4)c3)nc2CC1. The Morgan fingerprint density at radius 3 is 2.68 bits per heavy atom. The smallest absolute Gasteiger partial charge is 0.417 e. The van der Waals surface area contributed by atoms with Gasteiger partial charge in [0.15, 0.2) is 0 Å². The van der Waals surface area contributed by atoms with Gasteiger partial charge in [-0.15, -0.1) is 5.10 Å². The highest BCUT2D eigenvalue weighted by molar-refractivity contribution is 5.77. The molecule has 1 aliphatic heterocycles. The van der Waals surface area contributed by atoms with Crippen LogP contribution in [0.25, 0.3) is 22.5 Å². The minimum absolute atomic E-state index is 0.0232. The fourth-order valence-corrected chi connectivity index (χ4v) is 3.15. The average molecular weight is 386 g/mol. The molecule has 0 atom stereocenters. The number of rotatable bonds is 3. The quantitative estimate of drug-likeness (QED) is 0.651. The lowest BCUT2D eigenvalue weighted by Crippen LogP contribution is -2.15. The Morgan fingerprint density at radius 2 is 1.96 bits per heavy atom. The third-order valence-corrected chi connectivity index (χ3v) is 4.41. The number of alkyl halides is 3. The minimum Gasteiger partial charge on any atom is -0.480 e. The van der Waals surface area contributed by atoms with E-state index in [-0.39, 0.29) is 11.3 Å². The standard InChI is InChI=1S/C20H17F3N4O/c1-2-28-19-9-8-18-25-17(12-27(18)26-19)13-6-7-15(20(21,22)23)14(11-13)16-5-3-4-10-24-16/h3-7,10-12H,2,8-9H2,1H3. The Labute approximate surface area is 159 Å². The van der Waals surface area contributed by atoms with Crippen molar-refractivity contribution < 1.29 is 17.9 Å². The van der Waals surface area contributed by atoms with Crippen molar-refractivity contribution in [3.63, 3.8) is 0 Å². The lowest BCUT2D eigenvalue weighted by atomic mass is 9.99. The molecule has 4 rings (SSSR count). The second-order valence-electron chi connectivity index (χ2n) is 6.29. The molecule has 0 radical (unpaired) electrons. The van der Waals surface area contributed by atoms with E-state index in [9.17, 15) is 13.2 Å². The summed E-state index contributed by atoms with van der Waals surface area (Å²) in [5.74, 6) is 1.37. The van der Waals surface area contributed by atoms with E-state index in [0.29, 0.717) is 36.6 Å². The summed E-state index contributed by atoms with van der Waals surface area (Å²) in [6.45, 7) is 2.42. The van der Waals surface area contributed by atoms with E-state index in [2.05, 4.69) is 15.1 Å². The second-order valence-corrected chi connectivity index (χ2v) is 6.29. The van der Waals surface area contributed by atoms with Crippen molar-refractivity contribution in [3.05, 3.63) is 60.2 Å². The van der Waals surface area contributed by atoms with Crippen molar-refractivity contribution in [2.45, 2.75) is 25.9 Å². The molecule has 0 bridgehead atoms. The number of aryl methyl sites for hydroxylation is 1. The zero-order valence-corrected chi connectivity index (χ0v) is 15.1. The molecule has 0 spiro atoms. The van der Waals surface area contributed by atoms with Crippen molar-refractivity contribution in [1.82, 2.24) is 14.6 Å². The molecular weight excluding hydrogens is 369 g/mol. The van der Waals surface area contributed by atoms with Gasteiger partial charge < -0.3 is 4.74 Å². The number of imidazole rings is 1. The highest BCUT2D eigenvalue weighted by atomic mass is 19.4. The van der Waals surface area contributed by atoms with Gasteiger partial charge in [0.2, 0.25) is 5.90 Å². The monoisotopic (exact) mass is 386 g/mol. The maximum absolute atomic E-state index is 13.5. The molecular formula is C20H17F3N4O. The first-order valence-corrected chi connectivity index (χ1v) is 8.87. The molecule has 2 aromatic heterocycles. The summed E-state index contributed by atoms with van der Waals surface area (Å²) in [4.78, 5) is 8.63. The van der Waals surface area contributed by atoms with E-state index in [0.717, 1.165) is 11.9 Å². The van der Waals surface area contributed by atoms with E-state index < -0.39 is 11.7 Å². The minimum atomic E-state index is -4.48. The second kappa shape index (κ2) is 7.10. The summed E-state index contributed by atoms with van der Waals surface area (Å²) >= 11 is 0. The molecule has 0 saturated heterocycles. The van der Waals surface area contributed by atoms with Crippen LogP contribution in [-0.2, 0) is 17.3 Å². The van der Waals surface area contributed by atoms with Crippen LogP contribution in [0.2, 0.25) is 0 Å². The van der Waals surface area contributed by atoms with E-state index >= 15 is 0 Å². The number of pyridine rings is 1. The Morgan fingerprint density at radius 1 is 1.11 bits per heavy atom. The van der Waals surface area contributed by atoms with Crippen LogP contribution in [0.5, 0.6) is 0 Å². The Balaban J connectivity index is 1.78. The van der Waals surface area contributed by atoms with Gasteiger partial charge in [-0.25, -0.2) is 9.66 Å². The number of fused-ring (bicyclic) bond motifs is 1. The summed E-state index contributed by atoms with van der Waals surface area (Å²) in [5, 5.41) is 4.37. The highest BCUT2D eigenvalue weighted by Crippen LogP contribution is 2.38. The lowest BCUT2D eigenvalue weighted by Gasteiger charge is -2.13. The van der Waals surface area contributed by atoms with Gasteiger partial charge in [0.1, 0.15) is 5.82 Å². The molecule has 8 heteroatoms. The number of benzene rings is 1. The van der Waals surface area contributed by atoms with Crippen LogP contribution in [0.3, 0.4) is 0 Å². The summed E-state index contributed by atoms with van der Waals surface area (Å²) in [5.41, 5.74) is 0.689. The fraction of sp³-hybridized carbons (Fsp3) is 0.250. The normalized spacial score (nSPS) is 13.8. The fourth-order valence-electron chi connectivity index (χ4n) is 3.15. The molecule has 0 saturated carbocycles. The van der Waals surface area contributed by atoms with Crippen LogP contribution in [0.4, 0.5) is 13.2 Å². The van der Waals surface area contributed by atoms with Crippen LogP contribution >= 0.6 is 0 Å². The summed E-state index contributed by atoms with van der Waals surface area (Å²) < 4.78 is 47.6. The number of halogens is 3. The summed E-state index contributed by atoms with van der Waals surface area (Å²) in [6, 6.07) is 8.87. The number of ether oxygens (including phenoxy) is 1. The van der Waals surface area contributed by atoms with Crippen LogP contribution in [-0.4, -0.2) is 27.1 Å². The van der Waals surface area contributed by atoms with Crippen molar-refractivity contribution >= 4 is 5.90 Å². The molecule has 1 aliphatic rings. The molecule has 1 aromatic carbocycles. The van der Waals surface area contributed by atoms with Crippen molar-refractivity contribution in [1.29, 1.82) is 0 Å². The Kier molecular flexibility index (Phi) is 4.62. The number of hydrogen-bond acceptors (Lipinski definition) is 4. The zero-order chi connectivity index (χ0) is 19.7. The number of aromatic nitrogens is 3. The predicted octanol–water partition coefficient (Wildman–Crippen LogP) is 4.78. The summed E-state index contributed by atoms with van der Waals surface area (Å²) in [7, 11) is 0. The molecule has 5 nitrogen and oxygen atoms in total. The predicted molar refractivity (Wildman–Crippen MR) is 98.7 cm³/mol. The molecule has 0 aliphatic carbocycles. The van der Waals surface area contributed by atoms with Crippen LogP contribution in [0, 0.1) is 0 Å². The molecule has 0 unspecified atom stereocenters. The van der Waals surface area contributed by atoms with Gasteiger partial charge in [0.25, 0.3) is 0 Å². The Hall–Kier alpha value is -3.16. The molecule has 144 valence electrons. The Bertz CT molecular complexity index is 1030. The van der Waals surface area contributed by atoms with Gasteiger partial charge in [-0.1, -0.05) is 12.1 Å². The maximum Gasteiger partial charge on any atom is 0.417 e. The van der Waals surface area contributed by atoms with Gasteiger partial charge in [-0.05, 0) is 31.2 Å². The van der Waals surface area contributed by atoms with E-state index in [1.54, 1.807) is 29.1 Å². The van der Waals surface area contributed by atoms with Gasteiger partial charge in [-0.3, -0.25) is 4.98 Å². The van der Waals surface area contributed by atoms with Crippen LogP contribution in [0.1, 0.15) is 24.7 Å². The molecule has 0 amide bonds. The first-order chi connectivity index (χ1) is 13.5. The third-order valence-electron chi connectivity index (χ3n) is 4.41. The van der Waals surface area contributed by atoms with Gasteiger partial charge in [-0.2, -0.15) is 13.2 Å². The van der Waals surface area contributed by atoms with E-state index in [1.807, 2.05) is 6.92 Å². The first kappa shape index (κ1) is 18.2. The summed E-state index contributed by atoms with van der Waals surface area (Å²) in [6.07, 6.45) is 0.0122. The van der Waals surface area contributed by atoms with Crippen molar-refractivity contribution in [2.24, 2.45) is 5.10 Å². The van der Waals surface area contributed by atoms with Gasteiger partial charge in [0, 0.05) is 30.2 Å². The van der Waals surface area contributed by atoms with Crippen molar-refractivity contribution in [2.75, 3.05) is 6.61 Å². The largest absolute Gasteiger partial charge is 0.480 e. The molecule has 3 aromatic rings. The van der Waals surface area contributed by atoms with Gasteiger partial charge in [0.05, 0.1) is 29.8 Å². The van der Waals surface area contributed by atoms with E-state index in [1.165, 1.54) is 18.3 Å². The first-order valence-electron chi connectivity index (χ1n) is 8.87. The lowest BCUT2D eigenvalue weighted by molar-refractivity contribution is -0.137. The number of hydrogen-bond donors (Lipinski definition) is 0. The number of nitrogens with zero attached hydrogens (tertiary/aromatic N) is 4. The molecule has 3 heterocycles. The zero-order valence-electron chi connectivity index (χ0n) is 15.1. The van der Waals surface area contributed by atoms with E-state index in [4.69, 9.17) is 4.74 Å². The van der Waals surface area contributed by atoms with Crippen molar-refractivity contribution in [3.8, 4) is 22.5 Å². The van der Waals surface area contributed by atoms with Crippen LogP contribution < -0.4 is 0 Å². The maximum atomic E-state index is 13.5. The average Bonchev–Trinajstić information content (AvgIpc) is 3.11. The molecule has 0 N–H and O–H groups in total. The molecule has 28 heavy (non-hydrogen) atoms. The topological polar surface area (TPSA) is 52.3 Å². The molecule has 0 fully saturated rings.